The average Bonchev–Trinajstić information content (AvgIpc) is 2.58. The van der Waals surface area contributed by atoms with E-state index >= 15 is 0 Å². The first-order valence-electron chi connectivity index (χ1n) is 7.18. The summed E-state index contributed by atoms with van der Waals surface area (Å²) in [6.07, 6.45) is 4.63. The van der Waals surface area contributed by atoms with E-state index in [4.69, 9.17) is 4.74 Å². The minimum absolute atomic E-state index is 0.0762. The van der Waals surface area contributed by atoms with Crippen molar-refractivity contribution in [2.45, 2.75) is 78.5 Å². The molecule has 0 spiro atoms. The quantitative estimate of drug-likeness (QED) is 0.695. The van der Waals surface area contributed by atoms with E-state index in [0.29, 0.717) is 0 Å². The number of amides is 1. The van der Waals surface area contributed by atoms with E-state index in [2.05, 4.69) is 27.4 Å². The third kappa shape index (κ3) is 4.26. The van der Waals surface area contributed by atoms with E-state index in [0.717, 1.165) is 19.3 Å². The van der Waals surface area contributed by atoms with Crippen molar-refractivity contribution >= 4 is 6.09 Å². The second-order valence-electron chi connectivity index (χ2n) is 7.52. The predicted octanol–water partition coefficient (Wildman–Crippen LogP) is 4.38. The molecule has 2 atom stereocenters. The van der Waals surface area contributed by atoms with E-state index in [1.165, 1.54) is 0 Å². The molecule has 1 heterocycles. The highest BCUT2D eigenvalue weighted by Crippen LogP contribution is 2.38. The van der Waals surface area contributed by atoms with Crippen molar-refractivity contribution in [2.24, 2.45) is 5.41 Å². The Balaban J connectivity index is 2.92. The van der Waals surface area contributed by atoms with Crippen LogP contribution in [0.25, 0.3) is 0 Å². The zero-order valence-electron chi connectivity index (χ0n) is 13.3. The lowest BCUT2D eigenvalue weighted by Gasteiger charge is -2.38. The van der Waals surface area contributed by atoms with Crippen LogP contribution >= 0.6 is 0 Å². The van der Waals surface area contributed by atoms with Gasteiger partial charge in [0.2, 0.25) is 0 Å². The third-order valence-corrected chi connectivity index (χ3v) is 3.55. The topological polar surface area (TPSA) is 29.5 Å². The molecule has 0 aliphatic carbocycles. The van der Waals surface area contributed by atoms with Crippen molar-refractivity contribution in [3.63, 3.8) is 0 Å². The highest BCUT2D eigenvalue weighted by atomic mass is 16.6. The molecule has 0 aromatic carbocycles. The van der Waals surface area contributed by atoms with Gasteiger partial charge in [-0.1, -0.05) is 26.8 Å². The molecule has 3 nitrogen and oxygen atoms in total. The fourth-order valence-corrected chi connectivity index (χ4v) is 2.75. The molecule has 1 rings (SSSR count). The minimum atomic E-state index is -0.444. The minimum Gasteiger partial charge on any atom is -0.444 e. The number of rotatable bonds is 2. The summed E-state index contributed by atoms with van der Waals surface area (Å²) in [5, 5.41) is 0. The molecule has 1 amide bonds. The SMILES string of the molecule is C=CCC1CC[C@H](C(C)(C)C)N1C(=O)OC(C)(C)C. The van der Waals surface area contributed by atoms with Gasteiger partial charge in [-0.15, -0.1) is 6.58 Å². The molecular formula is C16H29NO2. The Kier molecular flexibility index (Phi) is 4.70. The lowest BCUT2D eigenvalue weighted by molar-refractivity contribution is 0.00316. The molecule has 110 valence electrons. The van der Waals surface area contributed by atoms with Gasteiger partial charge in [-0.3, -0.25) is 0 Å². The Morgan fingerprint density at radius 2 is 1.84 bits per heavy atom. The van der Waals surface area contributed by atoms with E-state index in [9.17, 15) is 4.79 Å². The fraction of sp³-hybridized carbons (Fsp3) is 0.812. The smallest absolute Gasteiger partial charge is 0.410 e. The van der Waals surface area contributed by atoms with Crippen LogP contribution < -0.4 is 0 Å². The summed E-state index contributed by atoms with van der Waals surface area (Å²) in [5.74, 6) is 0. The van der Waals surface area contributed by atoms with Crippen molar-refractivity contribution in [1.82, 2.24) is 4.90 Å². The third-order valence-electron chi connectivity index (χ3n) is 3.55. The maximum Gasteiger partial charge on any atom is 0.410 e. The Hall–Kier alpha value is -0.990. The second-order valence-corrected chi connectivity index (χ2v) is 7.52. The number of carbonyl (C=O) groups excluding carboxylic acids is 1. The van der Waals surface area contributed by atoms with Gasteiger partial charge in [0.15, 0.2) is 0 Å². The Bertz CT molecular complexity index is 336. The Morgan fingerprint density at radius 1 is 1.26 bits per heavy atom. The molecule has 0 aromatic heterocycles. The van der Waals surface area contributed by atoms with E-state index in [1.807, 2.05) is 31.7 Å². The molecule has 0 bridgehead atoms. The van der Waals surface area contributed by atoms with Crippen LogP contribution in [0, 0.1) is 5.41 Å². The lowest BCUT2D eigenvalue weighted by Crippen LogP contribution is -2.48. The van der Waals surface area contributed by atoms with Crippen molar-refractivity contribution in [3.8, 4) is 0 Å². The fourth-order valence-electron chi connectivity index (χ4n) is 2.75. The van der Waals surface area contributed by atoms with Crippen LogP contribution in [0.15, 0.2) is 12.7 Å². The highest BCUT2D eigenvalue weighted by Gasteiger charge is 2.43. The number of likely N-dealkylation sites (tertiary alicyclic amines) is 1. The normalized spacial score (nSPS) is 24.4. The summed E-state index contributed by atoms with van der Waals surface area (Å²) in [7, 11) is 0. The van der Waals surface area contributed by atoms with Crippen LogP contribution in [0.3, 0.4) is 0 Å². The average molecular weight is 267 g/mol. The monoisotopic (exact) mass is 267 g/mol. The van der Waals surface area contributed by atoms with E-state index < -0.39 is 5.60 Å². The maximum atomic E-state index is 12.5. The first-order chi connectivity index (χ1) is 8.56. The summed E-state index contributed by atoms with van der Waals surface area (Å²) in [4.78, 5) is 14.4. The van der Waals surface area contributed by atoms with Crippen molar-refractivity contribution in [2.75, 3.05) is 0 Å². The Morgan fingerprint density at radius 3 is 2.26 bits per heavy atom. The van der Waals surface area contributed by atoms with Crippen molar-refractivity contribution < 1.29 is 9.53 Å². The molecule has 0 aromatic rings. The van der Waals surface area contributed by atoms with Gasteiger partial charge in [-0.05, 0) is 45.4 Å². The Labute approximate surface area is 118 Å². The van der Waals surface area contributed by atoms with Crippen LogP contribution in [-0.2, 0) is 4.74 Å². The van der Waals surface area contributed by atoms with E-state index in [-0.39, 0.29) is 23.6 Å². The van der Waals surface area contributed by atoms with Gasteiger partial charge in [0, 0.05) is 12.1 Å². The van der Waals surface area contributed by atoms with Crippen LogP contribution in [0.1, 0.15) is 60.8 Å². The predicted molar refractivity (Wildman–Crippen MR) is 79.2 cm³/mol. The zero-order valence-corrected chi connectivity index (χ0v) is 13.3. The van der Waals surface area contributed by atoms with Crippen LogP contribution in [0.4, 0.5) is 4.79 Å². The van der Waals surface area contributed by atoms with Crippen molar-refractivity contribution in [1.29, 1.82) is 0 Å². The van der Waals surface area contributed by atoms with Crippen LogP contribution in [-0.4, -0.2) is 28.7 Å². The number of hydrogen-bond donors (Lipinski definition) is 0. The first kappa shape index (κ1) is 16.1. The summed E-state index contributed by atoms with van der Waals surface area (Å²) in [5.41, 5.74) is -0.367. The summed E-state index contributed by atoms with van der Waals surface area (Å²) >= 11 is 0. The second kappa shape index (κ2) is 5.56. The van der Waals surface area contributed by atoms with Gasteiger partial charge >= 0.3 is 6.09 Å². The molecule has 3 heteroatoms. The van der Waals surface area contributed by atoms with Gasteiger partial charge < -0.3 is 9.64 Å². The molecule has 19 heavy (non-hydrogen) atoms. The highest BCUT2D eigenvalue weighted by molar-refractivity contribution is 5.69. The zero-order chi connectivity index (χ0) is 14.8. The maximum absolute atomic E-state index is 12.5. The molecule has 1 aliphatic rings. The molecule has 0 radical (unpaired) electrons. The van der Waals surface area contributed by atoms with Gasteiger partial charge in [-0.2, -0.15) is 0 Å². The number of nitrogens with zero attached hydrogens (tertiary/aromatic N) is 1. The van der Waals surface area contributed by atoms with E-state index in [1.54, 1.807) is 0 Å². The molecular weight excluding hydrogens is 238 g/mol. The first-order valence-corrected chi connectivity index (χ1v) is 7.18. The lowest BCUT2D eigenvalue weighted by atomic mass is 9.85. The number of hydrogen-bond acceptors (Lipinski definition) is 2. The van der Waals surface area contributed by atoms with Gasteiger partial charge in [0.25, 0.3) is 0 Å². The van der Waals surface area contributed by atoms with Crippen LogP contribution in [0.2, 0.25) is 0 Å². The standard InChI is InChI=1S/C16H29NO2/c1-8-9-12-10-11-13(15(2,3)4)17(12)14(18)19-16(5,6)7/h8,12-13H,1,9-11H2,2-7H3/t12?,13-/m1/s1. The molecule has 1 aliphatic heterocycles. The molecule has 0 saturated carbocycles. The molecule has 1 saturated heterocycles. The van der Waals surface area contributed by atoms with Crippen molar-refractivity contribution in [3.05, 3.63) is 12.7 Å². The number of carbonyl (C=O) groups is 1. The van der Waals surface area contributed by atoms with Crippen LogP contribution in [0.5, 0.6) is 0 Å². The van der Waals surface area contributed by atoms with Gasteiger partial charge in [-0.25, -0.2) is 4.79 Å². The summed E-state index contributed by atoms with van der Waals surface area (Å²) in [6.45, 7) is 16.1. The van der Waals surface area contributed by atoms with Gasteiger partial charge in [0.1, 0.15) is 5.60 Å². The largest absolute Gasteiger partial charge is 0.444 e. The van der Waals surface area contributed by atoms with Gasteiger partial charge in [0.05, 0.1) is 0 Å². The summed E-state index contributed by atoms with van der Waals surface area (Å²) < 4.78 is 5.58. The number of ether oxygens (including phenoxy) is 1. The molecule has 1 fully saturated rings. The summed E-state index contributed by atoms with van der Waals surface area (Å²) in [6, 6.07) is 0.476. The molecule has 0 N–H and O–H groups in total. The molecule has 1 unspecified atom stereocenters.